The van der Waals surface area contributed by atoms with Crippen LogP contribution in [0.15, 0.2) is 42.5 Å². The molecule has 0 heterocycles. The molecule has 0 aliphatic heterocycles. The standard InChI is InChI=1S/C20H24N2O3/c1-3-24-17-9-10-18(22-20(23)25-4-2)19(13-17)21-16-11-14-7-5-6-8-15(14)12-16/h5-10,13,16,21H,3-4,11-12H2,1-2H3,(H,22,23). The van der Waals surface area contributed by atoms with E-state index in [0.717, 1.165) is 24.3 Å². The molecule has 0 bridgehead atoms. The molecular weight excluding hydrogens is 316 g/mol. The highest BCUT2D eigenvalue weighted by Crippen LogP contribution is 2.31. The summed E-state index contributed by atoms with van der Waals surface area (Å²) < 4.78 is 10.6. The van der Waals surface area contributed by atoms with Crippen molar-refractivity contribution in [2.75, 3.05) is 23.8 Å². The predicted molar refractivity (Wildman–Crippen MR) is 99.5 cm³/mol. The van der Waals surface area contributed by atoms with Crippen molar-refractivity contribution >= 4 is 17.5 Å². The van der Waals surface area contributed by atoms with Gasteiger partial charge in [-0.2, -0.15) is 0 Å². The van der Waals surface area contributed by atoms with Crippen LogP contribution in [0.25, 0.3) is 0 Å². The van der Waals surface area contributed by atoms with Gasteiger partial charge in [0.1, 0.15) is 5.75 Å². The molecule has 1 aliphatic rings. The smallest absolute Gasteiger partial charge is 0.411 e. The fraction of sp³-hybridized carbons (Fsp3) is 0.350. The highest BCUT2D eigenvalue weighted by molar-refractivity contribution is 5.90. The lowest BCUT2D eigenvalue weighted by Crippen LogP contribution is -2.21. The van der Waals surface area contributed by atoms with Gasteiger partial charge in [-0.05, 0) is 49.9 Å². The average Bonchev–Trinajstić information content (AvgIpc) is 3.00. The predicted octanol–water partition coefficient (Wildman–Crippen LogP) is 4.23. The molecule has 1 amide bonds. The summed E-state index contributed by atoms with van der Waals surface area (Å²) in [6, 6.07) is 14.4. The van der Waals surface area contributed by atoms with Crippen molar-refractivity contribution in [3.8, 4) is 5.75 Å². The van der Waals surface area contributed by atoms with Gasteiger partial charge in [0.2, 0.25) is 0 Å². The second-order valence-corrected chi connectivity index (χ2v) is 6.00. The summed E-state index contributed by atoms with van der Waals surface area (Å²) in [5.41, 5.74) is 4.29. The summed E-state index contributed by atoms with van der Waals surface area (Å²) in [5.74, 6) is 0.773. The van der Waals surface area contributed by atoms with Crippen LogP contribution in [0.1, 0.15) is 25.0 Å². The van der Waals surface area contributed by atoms with E-state index in [-0.39, 0.29) is 6.04 Å². The minimum Gasteiger partial charge on any atom is -0.494 e. The maximum atomic E-state index is 11.8. The van der Waals surface area contributed by atoms with Gasteiger partial charge in [0.05, 0.1) is 24.6 Å². The number of anilines is 2. The van der Waals surface area contributed by atoms with Crippen molar-refractivity contribution in [3.05, 3.63) is 53.6 Å². The summed E-state index contributed by atoms with van der Waals surface area (Å²) >= 11 is 0. The Balaban J connectivity index is 1.78. The van der Waals surface area contributed by atoms with Crippen LogP contribution >= 0.6 is 0 Å². The number of ether oxygens (including phenoxy) is 2. The van der Waals surface area contributed by atoms with E-state index in [1.54, 1.807) is 6.92 Å². The maximum absolute atomic E-state index is 11.8. The normalized spacial score (nSPS) is 13.2. The van der Waals surface area contributed by atoms with Gasteiger partial charge in [-0.3, -0.25) is 5.32 Å². The van der Waals surface area contributed by atoms with Crippen LogP contribution in [0.5, 0.6) is 5.75 Å². The van der Waals surface area contributed by atoms with Gasteiger partial charge in [-0.25, -0.2) is 4.79 Å². The Morgan fingerprint density at radius 3 is 2.40 bits per heavy atom. The zero-order valence-corrected chi connectivity index (χ0v) is 14.7. The van der Waals surface area contributed by atoms with E-state index in [9.17, 15) is 4.79 Å². The number of benzene rings is 2. The maximum Gasteiger partial charge on any atom is 0.411 e. The number of fused-ring (bicyclic) bond motifs is 1. The lowest BCUT2D eigenvalue weighted by molar-refractivity contribution is 0.168. The number of amides is 1. The first-order valence-electron chi connectivity index (χ1n) is 8.73. The molecule has 0 unspecified atom stereocenters. The van der Waals surface area contributed by atoms with Crippen LogP contribution in [-0.4, -0.2) is 25.3 Å². The third kappa shape index (κ3) is 4.24. The Labute approximate surface area is 148 Å². The number of carbonyl (C=O) groups excluding carboxylic acids is 1. The van der Waals surface area contributed by atoms with E-state index in [1.807, 2.05) is 25.1 Å². The van der Waals surface area contributed by atoms with Crippen molar-refractivity contribution in [2.24, 2.45) is 0 Å². The third-order valence-corrected chi connectivity index (χ3v) is 4.22. The molecule has 2 aromatic carbocycles. The van der Waals surface area contributed by atoms with Gasteiger partial charge >= 0.3 is 6.09 Å². The number of hydrogen-bond donors (Lipinski definition) is 2. The van der Waals surface area contributed by atoms with E-state index in [2.05, 4.69) is 34.9 Å². The van der Waals surface area contributed by atoms with Crippen LogP contribution < -0.4 is 15.4 Å². The Morgan fingerprint density at radius 2 is 1.76 bits per heavy atom. The molecule has 0 fully saturated rings. The number of carbonyl (C=O) groups is 1. The van der Waals surface area contributed by atoms with Crippen LogP contribution in [0, 0.1) is 0 Å². The lowest BCUT2D eigenvalue weighted by atomic mass is 10.1. The zero-order chi connectivity index (χ0) is 17.6. The molecule has 0 spiro atoms. The van der Waals surface area contributed by atoms with Crippen LogP contribution in [0.2, 0.25) is 0 Å². The molecule has 0 atom stereocenters. The van der Waals surface area contributed by atoms with Crippen molar-refractivity contribution < 1.29 is 14.3 Å². The highest BCUT2D eigenvalue weighted by atomic mass is 16.5. The van der Waals surface area contributed by atoms with Gasteiger partial charge in [-0.15, -0.1) is 0 Å². The second-order valence-electron chi connectivity index (χ2n) is 6.00. The van der Waals surface area contributed by atoms with Crippen molar-refractivity contribution in [2.45, 2.75) is 32.7 Å². The number of hydrogen-bond acceptors (Lipinski definition) is 4. The molecule has 0 radical (unpaired) electrons. The Morgan fingerprint density at radius 1 is 1.04 bits per heavy atom. The fourth-order valence-electron chi connectivity index (χ4n) is 3.17. The number of rotatable bonds is 6. The molecule has 1 aliphatic carbocycles. The molecule has 25 heavy (non-hydrogen) atoms. The summed E-state index contributed by atoms with van der Waals surface area (Å²) in [4.78, 5) is 11.8. The van der Waals surface area contributed by atoms with Crippen molar-refractivity contribution in [1.29, 1.82) is 0 Å². The molecule has 0 aromatic heterocycles. The van der Waals surface area contributed by atoms with Gasteiger partial charge in [-0.1, -0.05) is 24.3 Å². The molecule has 3 rings (SSSR count). The minimum atomic E-state index is -0.454. The van der Waals surface area contributed by atoms with Crippen molar-refractivity contribution in [3.63, 3.8) is 0 Å². The SMILES string of the molecule is CCOC(=O)Nc1ccc(OCC)cc1NC1Cc2ccccc2C1. The van der Waals surface area contributed by atoms with Gasteiger partial charge < -0.3 is 14.8 Å². The third-order valence-electron chi connectivity index (χ3n) is 4.22. The molecule has 5 nitrogen and oxygen atoms in total. The molecule has 0 saturated carbocycles. The summed E-state index contributed by atoms with van der Waals surface area (Å²) in [6.45, 7) is 4.67. The molecule has 132 valence electrons. The van der Waals surface area contributed by atoms with Crippen LogP contribution in [0.4, 0.5) is 16.2 Å². The van der Waals surface area contributed by atoms with E-state index in [4.69, 9.17) is 9.47 Å². The Hall–Kier alpha value is -2.69. The summed E-state index contributed by atoms with van der Waals surface area (Å²) in [7, 11) is 0. The highest BCUT2D eigenvalue weighted by Gasteiger charge is 2.22. The molecule has 5 heteroatoms. The average molecular weight is 340 g/mol. The van der Waals surface area contributed by atoms with E-state index >= 15 is 0 Å². The largest absolute Gasteiger partial charge is 0.494 e. The van der Waals surface area contributed by atoms with E-state index in [0.29, 0.717) is 18.9 Å². The summed E-state index contributed by atoms with van der Waals surface area (Å²) in [6.07, 6.45) is 1.48. The van der Waals surface area contributed by atoms with E-state index < -0.39 is 6.09 Å². The van der Waals surface area contributed by atoms with Crippen LogP contribution in [0.3, 0.4) is 0 Å². The number of nitrogens with one attached hydrogen (secondary N) is 2. The quantitative estimate of drug-likeness (QED) is 0.826. The van der Waals surface area contributed by atoms with Crippen LogP contribution in [-0.2, 0) is 17.6 Å². The first kappa shape index (κ1) is 17.1. The Bertz CT molecular complexity index is 720. The first-order valence-corrected chi connectivity index (χ1v) is 8.73. The summed E-state index contributed by atoms with van der Waals surface area (Å²) in [5, 5.41) is 6.35. The molecular formula is C20H24N2O3. The van der Waals surface area contributed by atoms with Crippen molar-refractivity contribution in [1.82, 2.24) is 0 Å². The van der Waals surface area contributed by atoms with E-state index in [1.165, 1.54) is 11.1 Å². The Kier molecular flexibility index (Phi) is 5.43. The fourth-order valence-corrected chi connectivity index (χ4v) is 3.17. The topological polar surface area (TPSA) is 59.6 Å². The molecule has 0 saturated heterocycles. The first-order chi connectivity index (χ1) is 12.2. The van der Waals surface area contributed by atoms with Gasteiger partial charge in [0.25, 0.3) is 0 Å². The second kappa shape index (κ2) is 7.92. The minimum absolute atomic E-state index is 0.289. The molecule has 2 aromatic rings. The lowest BCUT2D eigenvalue weighted by Gasteiger charge is -2.19. The van der Waals surface area contributed by atoms with Gasteiger partial charge in [0, 0.05) is 12.1 Å². The van der Waals surface area contributed by atoms with Gasteiger partial charge in [0.15, 0.2) is 0 Å². The molecule has 2 N–H and O–H groups in total. The monoisotopic (exact) mass is 340 g/mol. The zero-order valence-electron chi connectivity index (χ0n) is 14.7.